The van der Waals surface area contributed by atoms with Crippen molar-refractivity contribution in [3.05, 3.63) is 65.5 Å². The first kappa shape index (κ1) is 26.7. The number of carbonyl (C=O) groups is 1. The molecular weight excluding hydrogens is 533 g/mol. The summed E-state index contributed by atoms with van der Waals surface area (Å²) in [5.41, 5.74) is 12.1. The van der Waals surface area contributed by atoms with Crippen LogP contribution >= 0.6 is 0 Å². The number of nitrogens with two attached hydrogens (primary N) is 1. The molecule has 0 radical (unpaired) electrons. The molecule has 9 nitrogen and oxygen atoms in total. The van der Waals surface area contributed by atoms with E-state index < -0.39 is 6.17 Å². The molecule has 0 spiro atoms. The molecule has 2 aliphatic rings. The van der Waals surface area contributed by atoms with Gasteiger partial charge in [-0.1, -0.05) is 18.2 Å². The Hall–Kier alpha value is -4.18. The number of ether oxygens (including phenoxy) is 1. The maximum Gasteiger partial charge on any atom is 0.254 e. The van der Waals surface area contributed by atoms with Gasteiger partial charge < -0.3 is 24.5 Å². The number of alkyl halides is 1. The third-order valence-corrected chi connectivity index (χ3v) is 8.59. The molecule has 3 aromatic heterocycles. The summed E-state index contributed by atoms with van der Waals surface area (Å²) < 4.78 is 26.7. The second kappa shape index (κ2) is 10.3. The van der Waals surface area contributed by atoms with Crippen molar-refractivity contribution in [1.29, 1.82) is 0 Å². The minimum Gasteiger partial charge on any atom is -0.494 e. The molecule has 5 aromatic rings. The number of benzene rings is 2. The van der Waals surface area contributed by atoms with Gasteiger partial charge >= 0.3 is 0 Å². The molecular formula is C32H36FN7O2. The summed E-state index contributed by atoms with van der Waals surface area (Å²) in [5.74, 6) is 1.73. The zero-order chi connectivity index (χ0) is 29.1. The zero-order valence-corrected chi connectivity index (χ0v) is 24.3. The Bertz CT molecular complexity index is 1800. The van der Waals surface area contributed by atoms with Gasteiger partial charge in [0.25, 0.3) is 5.91 Å². The molecule has 0 bridgehead atoms. The highest BCUT2D eigenvalue weighted by atomic mass is 19.1. The third kappa shape index (κ3) is 4.73. The summed E-state index contributed by atoms with van der Waals surface area (Å²) in [6, 6.07) is 15.9. The van der Waals surface area contributed by atoms with Crippen molar-refractivity contribution in [2.75, 3.05) is 20.2 Å². The predicted octanol–water partition coefficient (Wildman–Crippen LogP) is 4.68. The lowest BCUT2D eigenvalue weighted by molar-refractivity contribution is 0.0606. The van der Waals surface area contributed by atoms with E-state index in [0.29, 0.717) is 35.8 Å². The molecule has 2 atom stereocenters. The van der Waals surface area contributed by atoms with Crippen LogP contribution in [0.1, 0.15) is 41.0 Å². The summed E-state index contributed by atoms with van der Waals surface area (Å²) in [4.78, 5) is 20.3. The SMILES string of the molecule is COc1cc(C(=O)N2C[C@H](N)C[C@@H](F)C2)cc2nc(-c3cc4ccccc4n3CC3CC3)n(Cc3cc(C)nn3C)c12. The number of hydrogen-bond acceptors (Lipinski definition) is 5. The van der Waals surface area contributed by atoms with Gasteiger partial charge in [0.15, 0.2) is 5.82 Å². The fraction of sp³-hybridized carbons (Fsp3) is 0.406. The van der Waals surface area contributed by atoms with Gasteiger partial charge in [0.1, 0.15) is 17.4 Å². The van der Waals surface area contributed by atoms with E-state index in [2.05, 4.69) is 50.6 Å². The van der Waals surface area contributed by atoms with Gasteiger partial charge in [0.2, 0.25) is 0 Å². The van der Waals surface area contributed by atoms with Crippen LogP contribution < -0.4 is 10.5 Å². The van der Waals surface area contributed by atoms with Crippen molar-refractivity contribution in [3.63, 3.8) is 0 Å². The average molecular weight is 570 g/mol. The number of likely N-dealkylation sites (tertiary alicyclic amines) is 1. The van der Waals surface area contributed by atoms with Gasteiger partial charge in [-0.2, -0.15) is 5.10 Å². The number of methoxy groups -OCH3 is 1. The number of imidazole rings is 1. The highest BCUT2D eigenvalue weighted by molar-refractivity contribution is 6.00. The van der Waals surface area contributed by atoms with E-state index in [1.807, 2.05) is 18.7 Å². The lowest BCUT2D eigenvalue weighted by Crippen LogP contribution is -2.50. The second-order valence-corrected chi connectivity index (χ2v) is 11.9. The van der Waals surface area contributed by atoms with Crippen molar-refractivity contribution in [2.24, 2.45) is 18.7 Å². The van der Waals surface area contributed by atoms with Gasteiger partial charge in [-0.25, -0.2) is 9.37 Å². The number of halogens is 1. The summed E-state index contributed by atoms with van der Waals surface area (Å²) in [6.45, 7) is 3.78. The van der Waals surface area contributed by atoms with Crippen LogP contribution in [-0.4, -0.2) is 67.1 Å². The molecule has 1 saturated heterocycles. The standard InChI is InChI=1S/C32H36FN7O2/c1-19-10-25(37(2)36-19)18-40-30-26(11-22(13-29(30)42-3)32(41)38-16-23(33)14-24(34)17-38)35-31(40)28-12-21-6-4-5-7-27(21)39(28)15-20-8-9-20/h4-7,10-13,20,23-24H,8-9,14-18,34H2,1-3H3/t23-,24-/m1/s1. The number of rotatable bonds is 7. The number of hydrogen-bond donors (Lipinski definition) is 1. The number of para-hydroxylation sites is 1. The number of nitrogens with zero attached hydrogens (tertiary/aromatic N) is 6. The summed E-state index contributed by atoms with van der Waals surface area (Å²) >= 11 is 0. The van der Waals surface area contributed by atoms with Crippen LogP contribution in [0.25, 0.3) is 33.5 Å². The Labute approximate surface area is 243 Å². The van der Waals surface area contributed by atoms with Crippen molar-refractivity contribution < 1.29 is 13.9 Å². The Morgan fingerprint density at radius 3 is 2.64 bits per heavy atom. The van der Waals surface area contributed by atoms with E-state index in [4.69, 9.17) is 15.5 Å². The molecule has 42 heavy (non-hydrogen) atoms. The van der Waals surface area contributed by atoms with Crippen molar-refractivity contribution in [3.8, 4) is 17.3 Å². The van der Waals surface area contributed by atoms with E-state index in [-0.39, 0.29) is 24.9 Å². The lowest BCUT2D eigenvalue weighted by atomic mass is 10.0. The molecule has 0 unspecified atom stereocenters. The van der Waals surface area contributed by atoms with Crippen LogP contribution in [0.5, 0.6) is 5.75 Å². The first-order valence-electron chi connectivity index (χ1n) is 14.6. The van der Waals surface area contributed by atoms with Gasteiger partial charge in [-0.15, -0.1) is 0 Å². The minimum absolute atomic E-state index is 0.0354. The summed E-state index contributed by atoms with van der Waals surface area (Å²) in [5, 5.41) is 5.73. The number of piperidine rings is 1. The molecule has 10 heteroatoms. The molecule has 2 fully saturated rings. The molecule has 218 valence electrons. The maximum absolute atomic E-state index is 14.3. The first-order valence-corrected chi connectivity index (χ1v) is 14.6. The Kier molecular flexibility index (Phi) is 6.53. The normalized spacial score (nSPS) is 19.2. The van der Waals surface area contributed by atoms with Crippen molar-refractivity contribution in [1.82, 2.24) is 28.8 Å². The zero-order valence-electron chi connectivity index (χ0n) is 24.3. The van der Waals surface area contributed by atoms with Crippen LogP contribution in [0.4, 0.5) is 4.39 Å². The fourth-order valence-electron chi connectivity index (χ4n) is 6.41. The van der Waals surface area contributed by atoms with Gasteiger partial charge in [0.05, 0.1) is 42.8 Å². The van der Waals surface area contributed by atoms with Crippen molar-refractivity contribution in [2.45, 2.75) is 51.5 Å². The number of carbonyl (C=O) groups excluding carboxylic acids is 1. The van der Waals surface area contributed by atoms with Crippen LogP contribution in [0.15, 0.2) is 48.5 Å². The molecule has 2 N–H and O–H groups in total. The monoisotopic (exact) mass is 569 g/mol. The highest BCUT2D eigenvalue weighted by Gasteiger charge is 2.31. The average Bonchev–Trinajstić information content (AvgIpc) is 3.49. The number of amides is 1. The molecule has 2 aromatic carbocycles. The van der Waals surface area contributed by atoms with Crippen LogP contribution in [-0.2, 0) is 20.1 Å². The third-order valence-electron chi connectivity index (χ3n) is 8.59. The van der Waals surface area contributed by atoms with Gasteiger partial charge in [0, 0.05) is 42.6 Å². The lowest BCUT2D eigenvalue weighted by Gasteiger charge is -2.33. The molecule has 1 aliphatic carbocycles. The second-order valence-electron chi connectivity index (χ2n) is 11.9. The molecule has 4 heterocycles. The van der Waals surface area contributed by atoms with Crippen LogP contribution in [0, 0.1) is 12.8 Å². The molecule has 7 rings (SSSR count). The molecule has 1 aliphatic heterocycles. The smallest absolute Gasteiger partial charge is 0.254 e. The number of aryl methyl sites for hydroxylation is 2. The minimum atomic E-state index is -1.13. The van der Waals surface area contributed by atoms with E-state index in [1.165, 1.54) is 23.3 Å². The van der Waals surface area contributed by atoms with E-state index >= 15 is 0 Å². The van der Waals surface area contributed by atoms with E-state index in [9.17, 15) is 9.18 Å². The molecule has 1 saturated carbocycles. The largest absolute Gasteiger partial charge is 0.494 e. The van der Waals surface area contributed by atoms with Crippen molar-refractivity contribution >= 4 is 27.8 Å². The van der Waals surface area contributed by atoms with Crippen LogP contribution in [0.2, 0.25) is 0 Å². The maximum atomic E-state index is 14.3. The molecule has 1 amide bonds. The number of aromatic nitrogens is 5. The predicted molar refractivity (Wildman–Crippen MR) is 160 cm³/mol. The highest BCUT2D eigenvalue weighted by Crippen LogP contribution is 2.39. The van der Waals surface area contributed by atoms with E-state index in [0.717, 1.165) is 40.4 Å². The fourth-order valence-corrected chi connectivity index (χ4v) is 6.41. The first-order chi connectivity index (χ1) is 20.3. The Balaban J connectivity index is 1.42. The Morgan fingerprint density at radius 1 is 1.12 bits per heavy atom. The van der Waals surface area contributed by atoms with Gasteiger partial charge in [-0.05, 0) is 62.4 Å². The van der Waals surface area contributed by atoms with Crippen LogP contribution in [0.3, 0.4) is 0 Å². The quantitative estimate of drug-likeness (QED) is 0.307. The van der Waals surface area contributed by atoms with Gasteiger partial charge in [-0.3, -0.25) is 9.48 Å². The Morgan fingerprint density at radius 2 is 1.93 bits per heavy atom. The van der Waals surface area contributed by atoms with E-state index in [1.54, 1.807) is 19.2 Å². The summed E-state index contributed by atoms with van der Waals surface area (Å²) in [7, 11) is 3.55. The number of fused-ring (bicyclic) bond motifs is 2. The topological polar surface area (TPSA) is 96.1 Å². The summed E-state index contributed by atoms with van der Waals surface area (Å²) in [6.07, 6.45) is 1.60.